The Morgan fingerprint density at radius 3 is 2.31 bits per heavy atom. The molecule has 0 aromatic carbocycles. The molecule has 0 aliphatic heterocycles. The standard InChI is InChI=1S/C8H19N3O2/c1-10(2)4-5-11(3)6-7(9)8(12)13/h7H,4-6,9H2,1-3H3,(H,12,13). The molecule has 0 amide bonds. The number of carbonyl (C=O) groups is 1. The van der Waals surface area contributed by atoms with Crippen molar-refractivity contribution >= 4 is 5.97 Å². The molecule has 1 atom stereocenters. The van der Waals surface area contributed by atoms with Crippen molar-refractivity contribution in [3.05, 3.63) is 0 Å². The monoisotopic (exact) mass is 189 g/mol. The molecule has 1 unspecified atom stereocenters. The normalized spacial score (nSPS) is 13.7. The molecule has 0 heterocycles. The van der Waals surface area contributed by atoms with E-state index in [0.29, 0.717) is 6.54 Å². The van der Waals surface area contributed by atoms with E-state index in [1.165, 1.54) is 0 Å². The van der Waals surface area contributed by atoms with Crippen LogP contribution in [0.1, 0.15) is 0 Å². The smallest absolute Gasteiger partial charge is 0.321 e. The molecule has 0 rings (SSSR count). The third kappa shape index (κ3) is 6.51. The number of likely N-dealkylation sites (N-methyl/N-ethyl adjacent to an activating group) is 2. The van der Waals surface area contributed by atoms with Gasteiger partial charge in [0.25, 0.3) is 0 Å². The highest BCUT2D eigenvalue weighted by Crippen LogP contribution is 1.87. The van der Waals surface area contributed by atoms with Gasteiger partial charge >= 0.3 is 5.97 Å². The molecular formula is C8H19N3O2. The Morgan fingerprint density at radius 1 is 1.38 bits per heavy atom. The van der Waals surface area contributed by atoms with E-state index in [1.54, 1.807) is 0 Å². The van der Waals surface area contributed by atoms with Crippen molar-refractivity contribution in [1.29, 1.82) is 0 Å². The van der Waals surface area contributed by atoms with Gasteiger partial charge in [-0.25, -0.2) is 0 Å². The van der Waals surface area contributed by atoms with E-state index in [0.717, 1.165) is 13.1 Å². The molecule has 0 aromatic heterocycles. The summed E-state index contributed by atoms with van der Waals surface area (Å²) in [5.41, 5.74) is 5.37. The van der Waals surface area contributed by atoms with Crippen molar-refractivity contribution in [2.24, 2.45) is 5.73 Å². The zero-order chi connectivity index (χ0) is 10.4. The lowest BCUT2D eigenvalue weighted by atomic mass is 10.3. The Labute approximate surface area is 79.1 Å². The fraction of sp³-hybridized carbons (Fsp3) is 0.875. The van der Waals surface area contributed by atoms with Crippen LogP contribution >= 0.6 is 0 Å². The van der Waals surface area contributed by atoms with Crippen LogP contribution in [0.15, 0.2) is 0 Å². The first-order valence-corrected chi connectivity index (χ1v) is 4.25. The van der Waals surface area contributed by atoms with Gasteiger partial charge in [-0.3, -0.25) is 4.79 Å². The van der Waals surface area contributed by atoms with Gasteiger partial charge in [0, 0.05) is 19.6 Å². The van der Waals surface area contributed by atoms with Gasteiger partial charge < -0.3 is 20.6 Å². The van der Waals surface area contributed by atoms with E-state index < -0.39 is 12.0 Å². The number of rotatable bonds is 6. The number of nitrogens with zero attached hydrogens (tertiary/aromatic N) is 2. The largest absolute Gasteiger partial charge is 0.480 e. The summed E-state index contributed by atoms with van der Waals surface area (Å²) in [6.45, 7) is 2.12. The van der Waals surface area contributed by atoms with E-state index in [2.05, 4.69) is 0 Å². The summed E-state index contributed by atoms with van der Waals surface area (Å²) in [6.07, 6.45) is 0. The fourth-order valence-electron chi connectivity index (χ4n) is 0.876. The summed E-state index contributed by atoms with van der Waals surface area (Å²) in [6, 6.07) is -0.785. The minimum absolute atomic E-state index is 0.392. The summed E-state index contributed by atoms with van der Waals surface area (Å²) in [5.74, 6) is -0.947. The van der Waals surface area contributed by atoms with Crippen molar-refractivity contribution in [2.75, 3.05) is 40.8 Å². The topological polar surface area (TPSA) is 69.8 Å². The Morgan fingerprint density at radius 2 is 1.92 bits per heavy atom. The van der Waals surface area contributed by atoms with Crippen LogP contribution in [0.25, 0.3) is 0 Å². The molecule has 0 fully saturated rings. The molecule has 0 aromatic rings. The third-order valence-electron chi connectivity index (χ3n) is 1.75. The van der Waals surface area contributed by atoms with Gasteiger partial charge in [0.2, 0.25) is 0 Å². The van der Waals surface area contributed by atoms with Crippen LogP contribution < -0.4 is 5.73 Å². The van der Waals surface area contributed by atoms with Crippen LogP contribution in [0, 0.1) is 0 Å². The zero-order valence-electron chi connectivity index (χ0n) is 8.53. The SMILES string of the molecule is CN(C)CCN(C)CC(N)C(=O)O. The number of hydrogen-bond acceptors (Lipinski definition) is 4. The minimum atomic E-state index is -0.947. The van der Waals surface area contributed by atoms with Crippen molar-refractivity contribution < 1.29 is 9.90 Å². The summed E-state index contributed by atoms with van der Waals surface area (Å²) in [4.78, 5) is 14.4. The molecule has 3 N–H and O–H groups in total. The first kappa shape index (κ1) is 12.3. The van der Waals surface area contributed by atoms with Gasteiger partial charge in [0.1, 0.15) is 6.04 Å². The van der Waals surface area contributed by atoms with E-state index >= 15 is 0 Å². The maximum Gasteiger partial charge on any atom is 0.321 e. The van der Waals surface area contributed by atoms with Crippen LogP contribution in [0.5, 0.6) is 0 Å². The highest BCUT2D eigenvalue weighted by atomic mass is 16.4. The van der Waals surface area contributed by atoms with Crippen LogP contribution in [0.2, 0.25) is 0 Å². The van der Waals surface area contributed by atoms with Crippen LogP contribution in [0.4, 0.5) is 0 Å². The molecule has 78 valence electrons. The molecule has 0 saturated carbocycles. The van der Waals surface area contributed by atoms with Gasteiger partial charge in [-0.1, -0.05) is 0 Å². The Hall–Kier alpha value is -0.650. The quantitative estimate of drug-likeness (QED) is 0.554. The van der Waals surface area contributed by atoms with Crippen molar-refractivity contribution in [1.82, 2.24) is 9.80 Å². The Balaban J connectivity index is 3.61. The zero-order valence-corrected chi connectivity index (χ0v) is 8.53. The number of hydrogen-bond donors (Lipinski definition) is 2. The maximum absolute atomic E-state index is 10.4. The first-order chi connectivity index (χ1) is 5.93. The Bertz CT molecular complexity index is 161. The lowest BCUT2D eigenvalue weighted by molar-refractivity contribution is -0.138. The van der Waals surface area contributed by atoms with Crippen molar-refractivity contribution in [3.8, 4) is 0 Å². The molecule has 5 nitrogen and oxygen atoms in total. The molecule has 0 radical (unpaired) electrons. The summed E-state index contributed by atoms with van der Waals surface area (Å²) in [7, 11) is 5.82. The van der Waals surface area contributed by atoms with Crippen LogP contribution in [-0.2, 0) is 4.79 Å². The molecule has 5 heteroatoms. The molecule has 13 heavy (non-hydrogen) atoms. The summed E-state index contributed by atoms with van der Waals surface area (Å²) in [5, 5.41) is 8.55. The lowest BCUT2D eigenvalue weighted by Crippen LogP contribution is -2.42. The summed E-state index contributed by atoms with van der Waals surface area (Å²) >= 11 is 0. The van der Waals surface area contributed by atoms with Gasteiger partial charge in [0.15, 0.2) is 0 Å². The highest BCUT2D eigenvalue weighted by Gasteiger charge is 2.13. The first-order valence-electron chi connectivity index (χ1n) is 4.25. The maximum atomic E-state index is 10.4. The van der Waals surface area contributed by atoms with Crippen molar-refractivity contribution in [2.45, 2.75) is 6.04 Å². The van der Waals surface area contributed by atoms with Gasteiger partial charge in [-0.05, 0) is 21.1 Å². The number of carboxylic acid groups (broad SMARTS) is 1. The third-order valence-corrected chi connectivity index (χ3v) is 1.75. The average molecular weight is 189 g/mol. The molecule has 0 bridgehead atoms. The summed E-state index contributed by atoms with van der Waals surface area (Å²) < 4.78 is 0. The van der Waals surface area contributed by atoms with Gasteiger partial charge in [-0.2, -0.15) is 0 Å². The lowest BCUT2D eigenvalue weighted by Gasteiger charge is -2.20. The molecule has 0 aliphatic carbocycles. The van der Waals surface area contributed by atoms with Crippen LogP contribution in [-0.4, -0.2) is 67.7 Å². The fourth-order valence-corrected chi connectivity index (χ4v) is 0.876. The van der Waals surface area contributed by atoms with Crippen molar-refractivity contribution in [3.63, 3.8) is 0 Å². The van der Waals surface area contributed by atoms with E-state index in [-0.39, 0.29) is 0 Å². The second-order valence-corrected chi connectivity index (χ2v) is 3.51. The average Bonchev–Trinajstić information content (AvgIpc) is 2.00. The minimum Gasteiger partial charge on any atom is -0.480 e. The molecule has 0 saturated heterocycles. The van der Waals surface area contributed by atoms with Gasteiger partial charge in [-0.15, -0.1) is 0 Å². The predicted molar refractivity (Wildman–Crippen MR) is 51.7 cm³/mol. The Kier molecular flexibility index (Phi) is 5.61. The molecule has 0 aliphatic rings. The molecule has 0 spiro atoms. The number of carboxylic acids is 1. The molecular weight excluding hydrogens is 170 g/mol. The highest BCUT2D eigenvalue weighted by molar-refractivity contribution is 5.73. The predicted octanol–water partition coefficient (Wildman–Crippen LogP) is -1.11. The van der Waals surface area contributed by atoms with Gasteiger partial charge in [0.05, 0.1) is 0 Å². The van der Waals surface area contributed by atoms with E-state index in [4.69, 9.17) is 10.8 Å². The number of nitrogens with two attached hydrogens (primary N) is 1. The second kappa shape index (κ2) is 5.90. The van der Waals surface area contributed by atoms with Crippen LogP contribution in [0.3, 0.4) is 0 Å². The second-order valence-electron chi connectivity index (χ2n) is 3.51. The van der Waals surface area contributed by atoms with E-state index in [9.17, 15) is 4.79 Å². The van der Waals surface area contributed by atoms with E-state index in [1.807, 2.05) is 30.9 Å². The number of aliphatic carboxylic acids is 1.